The van der Waals surface area contributed by atoms with Crippen molar-refractivity contribution in [3.8, 4) is 5.75 Å². The first-order valence-electron chi connectivity index (χ1n) is 9.29. The average molecular weight is 410 g/mol. The number of benzene rings is 3. The molecule has 0 radical (unpaired) electrons. The molecule has 3 aromatic rings. The maximum absolute atomic E-state index is 13.4. The number of carbonyl (C=O) groups excluding carboxylic acids is 1. The maximum atomic E-state index is 13.4. The molecule has 0 aromatic heterocycles. The molecule has 1 amide bonds. The molecule has 0 N–H and O–H groups in total. The number of rotatable bonds is 6. The average Bonchev–Trinajstić information content (AvgIpc) is 2.70. The fraction of sp³-hybridized carbons (Fsp3) is 0.174. The summed E-state index contributed by atoms with van der Waals surface area (Å²) in [6.45, 7) is 6.13. The zero-order valence-electron chi connectivity index (χ0n) is 16.6. The van der Waals surface area contributed by atoms with Crippen molar-refractivity contribution in [1.82, 2.24) is 0 Å². The van der Waals surface area contributed by atoms with Gasteiger partial charge in [0.15, 0.2) is 0 Å². The van der Waals surface area contributed by atoms with Crippen molar-refractivity contribution in [3.05, 3.63) is 89.5 Å². The number of anilines is 1. The molecule has 150 valence electrons. The van der Waals surface area contributed by atoms with E-state index in [4.69, 9.17) is 4.74 Å². The van der Waals surface area contributed by atoms with Crippen LogP contribution in [0.2, 0.25) is 0 Å². The van der Waals surface area contributed by atoms with Gasteiger partial charge in [0.1, 0.15) is 5.75 Å². The van der Waals surface area contributed by atoms with Crippen LogP contribution in [0.25, 0.3) is 0 Å². The van der Waals surface area contributed by atoms with Crippen molar-refractivity contribution in [2.24, 2.45) is 0 Å². The highest BCUT2D eigenvalue weighted by atomic mass is 32.2. The molecule has 0 heterocycles. The number of hydrogen-bond donors (Lipinski definition) is 0. The van der Waals surface area contributed by atoms with Crippen molar-refractivity contribution in [2.45, 2.75) is 25.7 Å². The Kier molecular flexibility index (Phi) is 6.03. The number of amides is 1. The summed E-state index contributed by atoms with van der Waals surface area (Å²) in [5, 5.41) is 0. The molecule has 0 saturated carbocycles. The molecule has 3 aromatic carbocycles. The largest absolute Gasteiger partial charge is 0.494 e. The van der Waals surface area contributed by atoms with Gasteiger partial charge in [0.2, 0.25) is 0 Å². The lowest BCUT2D eigenvalue weighted by Crippen LogP contribution is -2.37. The minimum absolute atomic E-state index is 0.0532. The number of hydrogen-bond acceptors (Lipinski definition) is 4. The van der Waals surface area contributed by atoms with Crippen LogP contribution < -0.4 is 9.04 Å². The van der Waals surface area contributed by atoms with Gasteiger partial charge < -0.3 is 4.74 Å². The molecule has 3 rings (SSSR count). The second kappa shape index (κ2) is 8.49. The molecule has 0 aliphatic rings. The van der Waals surface area contributed by atoms with Crippen LogP contribution in [0.5, 0.6) is 5.75 Å². The Balaban J connectivity index is 2.11. The van der Waals surface area contributed by atoms with E-state index in [1.807, 2.05) is 20.8 Å². The van der Waals surface area contributed by atoms with Gasteiger partial charge in [-0.1, -0.05) is 35.4 Å². The summed E-state index contributed by atoms with van der Waals surface area (Å²) in [5.74, 6) is -0.0125. The summed E-state index contributed by atoms with van der Waals surface area (Å²) >= 11 is 0. The first kappa shape index (κ1) is 20.6. The van der Waals surface area contributed by atoms with Gasteiger partial charge in [-0.25, -0.2) is 8.42 Å². The number of nitrogens with zero attached hydrogens (tertiary/aromatic N) is 1. The lowest BCUT2D eigenvalue weighted by atomic mass is 10.1. The third-order valence-corrected chi connectivity index (χ3v) is 6.15. The highest BCUT2D eigenvalue weighted by Gasteiger charge is 2.31. The van der Waals surface area contributed by atoms with Crippen LogP contribution in [-0.4, -0.2) is 20.9 Å². The fourth-order valence-electron chi connectivity index (χ4n) is 2.84. The molecular weight excluding hydrogens is 386 g/mol. The van der Waals surface area contributed by atoms with Crippen molar-refractivity contribution >= 4 is 21.6 Å². The highest BCUT2D eigenvalue weighted by Crippen LogP contribution is 2.28. The normalized spacial score (nSPS) is 11.1. The van der Waals surface area contributed by atoms with Crippen LogP contribution in [-0.2, 0) is 10.0 Å². The number of ether oxygens (including phenoxy) is 1. The van der Waals surface area contributed by atoms with Gasteiger partial charge in [-0.3, -0.25) is 4.79 Å². The topological polar surface area (TPSA) is 63.7 Å². The van der Waals surface area contributed by atoms with E-state index in [9.17, 15) is 13.2 Å². The van der Waals surface area contributed by atoms with Gasteiger partial charge in [0.05, 0.1) is 17.2 Å². The summed E-state index contributed by atoms with van der Waals surface area (Å²) in [6, 6.07) is 19.7. The lowest BCUT2D eigenvalue weighted by Gasteiger charge is -2.23. The summed E-state index contributed by atoms with van der Waals surface area (Å²) in [6.07, 6.45) is 0. The number of sulfonamides is 1. The Bertz CT molecular complexity index is 1090. The van der Waals surface area contributed by atoms with E-state index >= 15 is 0 Å². The van der Waals surface area contributed by atoms with Crippen LogP contribution in [0, 0.1) is 13.8 Å². The minimum atomic E-state index is -4.11. The molecule has 0 fully saturated rings. The molecule has 0 bridgehead atoms. The predicted octanol–water partition coefficient (Wildman–Crippen LogP) is 4.74. The Morgan fingerprint density at radius 1 is 0.828 bits per heavy atom. The van der Waals surface area contributed by atoms with E-state index in [-0.39, 0.29) is 10.6 Å². The molecule has 0 spiro atoms. The summed E-state index contributed by atoms with van der Waals surface area (Å²) in [7, 11) is -4.11. The second-order valence-corrected chi connectivity index (χ2v) is 8.47. The van der Waals surface area contributed by atoms with Crippen LogP contribution in [0.15, 0.2) is 77.7 Å². The zero-order chi connectivity index (χ0) is 21.0. The van der Waals surface area contributed by atoms with Crippen molar-refractivity contribution in [3.63, 3.8) is 0 Å². The lowest BCUT2D eigenvalue weighted by molar-refractivity contribution is 0.101. The fourth-order valence-corrected chi connectivity index (χ4v) is 4.25. The van der Waals surface area contributed by atoms with E-state index < -0.39 is 15.9 Å². The predicted molar refractivity (Wildman–Crippen MR) is 114 cm³/mol. The molecule has 6 heteroatoms. The van der Waals surface area contributed by atoms with E-state index in [1.165, 1.54) is 12.1 Å². The molecular formula is C23H23NO4S. The van der Waals surface area contributed by atoms with Gasteiger partial charge in [-0.2, -0.15) is 4.31 Å². The minimum Gasteiger partial charge on any atom is -0.494 e. The molecule has 0 saturated heterocycles. The van der Waals surface area contributed by atoms with Gasteiger partial charge in [-0.05, 0) is 69.3 Å². The third kappa shape index (κ3) is 4.49. The quantitative estimate of drug-likeness (QED) is 0.590. The van der Waals surface area contributed by atoms with E-state index in [1.54, 1.807) is 60.7 Å². The van der Waals surface area contributed by atoms with E-state index in [0.29, 0.717) is 17.9 Å². The molecule has 0 aliphatic carbocycles. The van der Waals surface area contributed by atoms with Crippen LogP contribution in [0.3, 0.4) is 0 Å². The Hall–Kier alpha value is -3.12. The standard InChI is InChI=1S/C23H23NO4S/c1-4-28-21-13-11-20(12-14-21)24(23(25)19-9-5-17(2)6-10-19)29(26,27)22-15-7-18(3)8-16-22/h5-16H,4H2,1-3H3. The first-order chi connectivity index (χ1) is 13.8. The maximum Gasteiger partial charge on any atom is 0.272 e. The zero-order valence-corrected chi connectivity index (χ0v) is 17.4. The van der Waals surface area contributed by atoms with E-state index in [0.717, 1.165) is 15.4 Å². The van der Waals surface area contributed by atoms with Gasteiger partial charge in [0.25, 0.3) is 15.9 Å². The van der Waals surface area contributed by atoms with Crippen molar-refractivity contribution in [2.75, 3.05) is 10.9 Å². The SMILES string of the molecule is CCOc1ccc(N(C(=O)c2ccc(C)cc2)S(=O)(=O)c2ccc(C)cc2)cc1. The number of carbonyl (C=O) groups is 1. The molecule has 29 heavy (non-hydrogen) atoms. The Morgan fingerprint density at radius 3 is 1.86 bits per heavy atom. The van der Waals surface area contributed by atoms with Crippen molar-refractivity contribution in [1.29, 1.82) is 0 Å². The van der Waals surface area contributed by atoms with E-state index in [2.05, 4.69) is 0 Å². The molecule has 0 atom stereocenters. The smallest absolute Gasteiger partial charge is 0.272 e. The van der Waals surface area contributed by atoms with Gasteiger partial charge >= 0.3 is 0 Å². The van der Waals surface area contributed by atoms with Crippen LogP contribution in [0.1, 0.15) is 28.4 Å². The van der Waals surface area contributed by atoms with Gasteiger partial charge in [-0.15, -0.1) is 0 Å². The van der Waals surface area contributed by atoms with Crippen LogP contribution in [0.4, 0.5) is 5.69 Å². The van der Waals surface area contributed by atoms with Crippen LogP contribution >= 0.6 is 0 Å². The second-order valence-electron chi connectivity index (χ2n) is 6.68. The monoisotopic (exact) mass is 409 g/mol. The first-order valence-corrected chi connectivity index (χ1v) is 10.7. The highest BCUT2D eigenvalue weighted by molar-refractivity contribution is 7.93. The molecule has 0 unspecified atom stereocenters. The summed E-state index contributed by atoms with van der Waals surface area (Å²) in [5.41, 5.74) is 2.46. The Morgan fingerprint density at radius 2 is 1.34 bits per heavy atom. The third-order valence-electron chi connectivity index (χ3n) is 4.42. The number of aryl methyl sites for hydroxylation is 2. The van der Waals surface area contributed by atoms with Gasteiger partial charge in [0, 0.05) is 5.56 Å². The molecule has 5 nitrogen and oxygen atoms in total. The van der Waals surface area contributed by atoms with Crippen molar-refractivity contribution < 1.29 is 17.9 Å². The summed E-state index contributed by atoms with van der Waals surface area (Å²) < 4.78 is 33.1. The molecule has 0 aliphatic heterocycles. The summed E-state index contributed by atoms with van der Waals surface area (Å²) in [4.78, 5) is 13.3. The Labute approximate surface area is 171 Å².